The van der Waals surface area contributed by atoms with E-state index in [-0.39, 0.29) is 23.7 Å². The van der Waals surface area contributed by atoms with Gasteiger partial charge >= 0.3 is 0 Å². The topological polar surface area (TPSA) is 78.4 Å². The van der Waals surface area contributed by atoms with Crippen molar-refractivity contribution in [2.45, 2.75) is 26.2 Å². The molecule has 2 amide bonds. The molecule has 1 N–H and O–H groups in total. The second-order valence-electron chi connectivity index (χ2n) is 7.04. The summed E-state index contributed by atoms with van der Waals surface area (Å²) in [4.78, 5) is 37.5. The molecule has 7 nitrogen and oxygen atoms in total. The van der Waals surface area contributed by atoms with Gasteiger partial charge in [-0.25, -0.2) is 9.97 Å². The first-order chi connectivity index (χ1) is 11.6. The fraction of sp³-hybridized carbons (Fsp3) is 0.647. The molecular weight excluding hydrogens is 306 g/mol. The second-order valence-corrected chi connectivity index (χ2v) is 7.04. The van der Waals surface area contributed by atoms with Crippen molar-refractivity contribution in [3.8, 4) is 0 Å². The van der Waals surface area contributed by atoms with Gasteiger partial charge in [0.05, 0.1) is 17.2 Å². The van der Waals surface area contributed by atoms with Crippen LogP contribution in [0.25, 0.3) is 0 Å². The van der Waals surface area contributed by atoms with E-state index in [0.717, 1.165) is 24.7 Å². The number of anilines is 1. The number of nitrogens with zero attached hydrogens (tertiary/aromatic N) is 4. The van der Waals surface area contributed by atoms with Crippen LogP contribution in [0.2, 0.25) is 0 Å². The van der Waals surface area contributed by atoms with E-state index in [4.69, 9.17) is 0 Å². The molecule has 4 rings (SSSR count). The molecule has 128 valence electrons. The third-order valence-electron chi connectivity index (χ3n) is 5.44. The molecular formula is C17H23N5O2. The lowest BCUT2D eigenvalue weighted by Gasteiger charge is -2.27. The summed E-state index contributed by atoms with van der Waals surface area (Å²) in [6.45, 7) is 5.65. The van der Waals surface area contributed by atoms with Crippen LogP contribution in [0.5, 0.6) is 0 Å². The van der Waals surface area contributed by atoms with E-state index >= 15 is 0 Å². The fourth-order valence-electron chi connectivity index (χ4n) is 3.99. The maximum Gasteiger partial charge on any atom is 0.257 e. The Hall–Kier alpha value is -2.18. The molecule has 3 saturated heterocycles. The highest BCUT2D eigenvalue weighted by Gasteiger charge is 2.43. The van der Waals surface area contributed by atoms with Crippen LogP contribution in [-0.4, -0.2) is 59.4 Å². The molecule has 1 aromatic heterocycles. The zero-order valence-corrected chi connectivity index (χ0v) is 14.0. The second kappa shape index (κ2) is 6.03. The molecule has 3 aliphatic heterocycles. The van der Waals surface area contributed by atoms with Crippen LogP contribution in [0, 0.1) is 18.8 Å². The molecule has 0 aromatic carbocycles. The first-order valence-corrected chi connectivity index (χ1v) is 8.79. The molecule has 7 heteroatoms. The number of aryl methyl sites for hydroxylation is 1. The summed E-state index contributed by atoms with van der Waals surface area (Å²) < 4.78 is 0. The van der Waals surface area contributed by atoms with Crippen LogP contribution in [0.4, 0.5) is 5.95 Å². The van der Waals surface area contributed by atoms with Gasteiger partial charge in [0.2, 0.25) is 11.9 Å². The maximum atomic E-state index is 12.8. The standard InChI is InChI=1S/C17H23N5O2/c1-11-13(8-19-17(20-11)21-5-3-2-4-6-21)16(24)22-9-12-7-18-15(23)14(12)10-22/h8,12,14H,2-7,9-10H2,1H3,(H,18,23)/t12-,14+/m0/s1. The lowest BCUT2D eigenvalue weighted by molar-refractivity contribution is -0.122. The highest BCUT2D eigenvalue weighted by Crippen LogP contribution is 2.28. The van der Waals surface area contributed by atoms with E-state index in [9.17, 15) is 9.59 Å². The first kappa shape index (κ1) is 15.4. The summed E-state index contributed by atoms with van der Waals surface area (Å²) >= 11 is 0. The number of carbonyl (C=O) groups is 2. The number of carbonyl (C=O) groups excluding carboxylic acids is 2. The Labute approximate surface area is 141 Å². The summed E-state index contributed by atoms with van der Waals surface area (Å²) in [5.41, 5.74) is 1.27. The molecule has 0 radical (unpaired) electrons. The Morgan fingerprint density at radius 1 is 1.25 bits per heavy atom. The van der Waals surface area contributed by atoms with Crippen LogP contribution in [-0.2, 0) is 4.79 Å². The molecule has 0 aliphatic carbocycles. The number of likely N-dealkylation sites (tertiary alicyclic amines) is 1. The number of aromatic nitrogens is 2. The summed E-state index contributed by atoms with van der Waals surface area (Å²) in [5, 5.41) is 2.87. The van der Waals surface area contributed by atoms with E-state index in [1.54, 1.807) is 11.1 Å². The van der Waals surface area contributed by atoms with Gasteiger partial charge in [-0.3, -0.25) is 9.59 Å². The monoisotopic (exact) mass is 329 g/mol. The lowest BCUT2D eigenvalue weighted by atomic mass is 10.0. The Morgan fingerprint density at radius 2 is 2.04 bits per heavy atom. The van der Waals surface area contributed by atoms with Crippen LogP contribution in [0.3, 0.4) is 0 Å². The number of piperidine rings is 1. The molecule has 0 saturated carbocycles. The van der Waals surface area contributed by atoms with Gasteiger partial charge in [0, 0.05) is 44.8 Å². The van der Waals surface area contributed by atoms with Gasteiger partial charge in [-0.2, -0.15) is 0 Å². The zero-order valence-electron chi connectivity index (χ0n) is 14.0. The van der Waals surface area contributed by atoms with Crippen LogP contribution < -0.4 is 10.2 Å². The number of hydrogen-bond donors (Lipinski definition) is 1. The van der Waals surface area contributed by atoms with E-state index in [1.807, 2.05) is 6.92 Å². The van der Waals surface area contributed by atoms with Crippen molar-refractivity contribution in [2.75, 3.05) is 37.6 Å². The van der Waals surface area contributed by atoms with E-state index < -0.39 is 0 Å². The lowest BCUT2D eigenvalue weighted by Crippen LogP contribution is -2.34. The normalized spacial score (nSPS) is 26.5. The van der Waals surface area contributed by atoms with E-state index in [1.165, 1.54) is 19.3 Å². The van der Waals surface area contributed by atoms with Gasteiger partial charge < -0.3 is 15.1 Å². The largest absolute Gasteiger partial charge is 0.355 e. The molecule has 3 fully saturated rings. The third kappa shape index (κ3) is 2.61. The predicted molar refractivity (Wildman–Crippen MR) is 88.7 cm³/mol. The zero-order chi connectivity index (χ0) is 16.7. The smallest absolute Gasteiger partial charge is 0.257 e. The average molecular weight is 329 g/mol. The van der Waals surface area contributed by atoms with Crippen LogP contribution in [0.15, 0.2) is 6.20 Å². The van der Waals surface area contributed by atoms with Crippen LogP contribution >= 0.6 is 0 Å². The number of fused-ring (bicyclic) bond motifs is 1. The van der Waals surface area contributed by atoms with Gasteiger partial charge in [-0.1, -0.05) is 0 Å². The molecule has 0 spiro atoms. The number of rotatable bonds is 2. The Bertz CT molecular complexity index is 671. The molecule has 0 unspecified atom stereocenters. The minimum absolute atomic E-state index is 0.0530. The Morgan fingerprint density at radius 3 is 2.75 bits per heavy atom. The van der Waals surface area contributed by atoms with Gasteiger partial charge in [-0.15, -0.1) is 0 Å². The molecule has 1 aromatic rings. The van der Waals surface area contributed by atoms with E-state index in [2.05, 4.69) is 20.2 Å². The molecule has 24 heavy (non-hydrogen) atoms. The highest BCUT2D eigenvalue weighted by atomic mass is 16.2. The van der Waals surface area contributed by atoms with Crippen molar-refractivity contribution in [1.82, 2.24) is 20.2 Å². The molecule has 0 bridgehead atoms. The summed E-state index contributed by atoms with van der Waals surface area (Å²) in [6, 6.07) is 0. The average Bonchev–Trinajstić information content (AvgIpc) is 3.17. The summed E-state index contributed by atoms with van der Waals surface area (Å²) in [7, 11) is 0. The van der Waals surface area contributed by atoms with E-state index in [0.29, 0.717) is 25.2 Å². The first-order valence-electron chi connectivity index (χ1n) is 8.79. The van der Waals surface area contributed by atoms with Gasteiger partial charge in [0.25, 0.3) is 5.91 Å². The van der Waals surface area contributed by atoms with Crippen LogP contribution in [0.1, 0.15) is 35.3 Å². The third-order valence-corrected chi connectivity index (χ3v) is 5.44. The minimum Gasteiger partial charge on any atom is -0.355 e. The van der Waals surface area contributed by atoms with Crippen molar-refractivity contribution in [2.24, 2.45) is 11.8 Å². The van der Waals surface area contributed by atoms with Gasteiger partial charge in [0.1, 0.15) is 0 Å². The van der Waals surface area contributed by atoms with Crippen molar-refractivity contribution in [1.29, 1.82) is 0 Å². The quantitative estimate of drug-likeness (QED) is 0.859. The number of nitrogens with one attached hydrogen (secondary N) is 1. The number of hydrogen-bond acceptors (Lipinski definition) is 5. The van der Waals surface area contributed by atoms with Crippen molar-refractivity contribution < 1.29 is 9.59 Å². The van der Waals surface area contributed by atoms with Crippen molar-refractivity contribution in [3.63, 3.8) is 0 Å². The number of amides is 2. The van der Waals surface area contributed by atoms with Crippen molar-refractivity contribution in [3.05, 3.63) is 17.5 Å². The summed E-state index contributed by atoms with van der Waals surface area (Å²) in [6.07, 6.45) is 5.25. The Kier molecular flexibility index (Phi) is 3.86. The molecule has 3 aliphatic rings. The highest BCUT2D eigenvalue weighted by molar-refractivity contribution is 5.96. The van der Waals surface area contributed by atoms with Gasteiger partial charge in [0.15, 0.2) is 0 Å². The Balaban J connectivity index is 1.50. The molecule has 4 heterocycles. The predicted octanol–water partition coefficient (Wildman–Crippen LogP) is 0.593. The fourth-order valence-corrected chi connectivity index (χ4v) is 3.99. The SMILES string of the molecule is Cc1nc(N2CCCCC2)ncc1C(=O)N1C[C@@H]2CNC(=O)[C@@H]2C1. The van der Waals surface area contributed by atoms with Gasteiger partial charge in [-0.05, 0) is 26.2 Å². The summed E-state index contributed by atoms with van der Waals surface area (Å²) in [5.74, 6) is 0.933. The van der Waals surface area contributed by atoms with Crippen molar-refractivity contribution >= 4 is 17.8 Å². The molecule has 2 atom stereocenters. The maximum absolute atomic E-state index is 12.8. The minimum atomic E-state index is -0.0557.